The van der Waals surface area contributed by atoms with Crippen molar-refractivity contribution in [3.63, 3.8) is 0 Å². The van der Waals surface area contributed by atoms with E-state index in [2.05, 4.69) is 26.5 Å². The molecule has 0 heterocycles. The molecule has 2 rings (SSSR count). The third-order valence-corrected chi connectivity index (χ3v) is 3.59. The van der Waals surface area contributed by atoms with Crippen LogP contribution in [0.5, 0.6) is 11.5 Å². The summed E-state index contributed by atoms with van der Waals surface area (Å²) < 4.78 is 5.98. The fourth-order valence-corrected chi connectivity index (χ4v) is 2.16. The number of nitrogens with one attached hydrogen (secondary N) is 1. The summed E-state index contributed by atoms with van der Waals surface area (Å²) in [6.45, 7) is 0. The van der Waals surface area contributed by atoms with Crippen molar-refractivity contribution in [3.8, 4) is 11.5 Å². The standard InChI is InChI=1S/C16H15BrN2O3/c1-22-14-5-6-15(17)12(9-14)10-18-19-16(21)8-11-3-2-4-13(20)7-11/h2-7,9-10,20H,8H2,1H3,(H,19,21)/b18-10+. The van der Waals surface area contributed by atoms with Crippen molar-refractivity contribution < 1.29 is 14.6 Å². The number of aromatic hydroxyl groups is 1. The molecule has 0 radical (unpaired) electrons. The van der Waals surface area contributed by atoms with Crippen molar-refractivity contribution in [3.05, 3.63) is 58.1 Å². The number of ether oxygens (including phenoxy) is 1. The number of amides is 1. The largest absolute Gasteiger partial charge is 0.508 e. The van der Waals surface area contributed by atoms with Crippen molar-refractivity contribution in [2.45, 2.75) is 6.42 Å². The maximum absolute atomic E-state index is 11.8. The van der Waals surface area contributed by atoms with Crippen molar-refractivity contribution in [2.75, 3.05) is 7.11 Å². The number of hydrogen-bond acceptors (Lipinski definition) is 4. The number of nitrogens with zero attached hydrogens (tertiary/aromatic N) is 1. The first-order chi connectivity index (χ1) is 10.6. The van der Waals surface area contributed by atoms with Crippen LogP contribution in [0.25, 0.3) is 0 Å². The van der Waals surface area contributed by atoms with E-state index >= 15 is 0 Å². The Bertz CT molecular complexity index is 702. The van der Waals surface area contributed by atoms with Crippen molar-refractivity contribution in [1.82, 2.24) is 5.43 Å². The Labute approximate surface area is 136 Å². The molecule has 0 unspecified atom stereocenters. The highest BCUT2D eigenvalue weighted by Gasteiger charge is 2.03. The third kappa shape index (κ3) is 4.60. The summed E-state index contributed by atoms with van der Waals surface area (Å²) in [6.07, 6.45) is 1.68. The van der Waals surface area contributed by atoms with Gasteiger partial charge in [0.1, 0.15) is 11.5 Å². The van der Waals surface area contributed by atoms with Crippen molar-refractivity contribution in [1.29, 1.82) is 0 Å². The fourth-order valence-electron chi connectivity index (χ4n) is 1.81. The highest BCUT2D eigenvalue weighted by atomic mass is 79.9. The minimum atomic E-state index is -0.263. The van der Waals surface area contributed by atoms with Gasteiger partial charge in [-0.1, -0.05) is 28.1 Å². The number of rotatable bonds is 5. The molecule has 0 fully saturated rings. The highest BCUT2D eigenvalue weighted by Crippen LogP contribution is 2.20. The van der Waals surface area contributed by atoms with Crippen LogP contribution in [-0.4, -0.2) is 24.3 Å². The number of methoxy groups -OCH3 is 1. The zero-order chi connectivity index (χ0) is 15.9. The van der Waals surface area contributed by atoms with Gasteiger partial charge in [0.2, 0.25) is 5.91 Å². The van der Waals surface area contributed by atoms with Gasteiger partial charge in [-0.05, 0) is 35.9 Å². The lowest BCUT2D eigenvalue weighted by atomic mass is 10.1. The van der Waals surface area contributed by atoms with Crippen LogP contribution in [0.1, 0.15) is 11.1 Å². The number of carbonyl (C=O) groups excluding carboxylic acids is 1. The second kappa shape index (κ2) is 7.61. The van der Waals surface area contributed by atoms with E-state index < -0.39 is 0 Å². The monoisotopic (exact) mass is 362 g/mol. The van der Waals surface area contributed by atoms with Crippen LogP contribution < -0.4 is 10.2 Å². The molecule has 2 aromatic carbocycles. The Morgan fingerprint density at radius 2 is 2.18 bits per heavy atom. The zero-order valence-corrected chi connectivity index (χ0v) is 13.5. The van der Waals surface area contributed by atoms with Gasteiger partial charge >= 0.3 is 0 Å². The summed E-state index contributed by atoms with van der Waals surface area (Å²) in [5.74, 6) is 0.575. The number of halogens is 1. The summed E-state index contributed by atoms with van der Waals surface area (Å²) in [5, 5.41) is 13.3. The predicted octanol–water partition coefficient (Wildman–Crippen LogP) is 2.86. The number of phenolic OH excluding ortho intramolecular Hbond substituents is 1. The van der Waals surface area contributed by atoms with Gasteiger partial charge in [-0.2, -0.15) is 5.10 Å². The molecule has 0 aliphatic carbocycles. The summed E-state index contributed by atoms with van der Waals surface area (Å²) in [7, 11) is 1.58. The van der Waals surface area contributed by atoms with E-state index in [1.807, 2.05) is 12.1 Å². The molecule has 0 aliphatic heterocycles. The minimum Gasteiger partial charge on any atom is -0.508 e. The van der Waals surface area contributed by atoms with Crippen LogP contribution >= 0.6 is 15.9 Å². The van der Waals surface area contributed by atoms with E-state index in [0.717, 1.165) is 15.6 Å². The Hall–Kier alpha value is -2.34. The highest BCUT2D eigenvalue weighted by molar-refractivity contribution is 9.10. The molecule has 0 atom stereocenters. The van der Waals surface area contributed by atoms with Gasteiger partial charge in [0.25, 0.3) is 0 Å². The first-order valence-corrected chi connectivity index (χ1v) is 7.31. The lowest BCUT2D eigenvalue weighted by Gasteiger charge is -2.03. The number of hydrazone groups is 1. The molecule has 0 saturated carbocycles. The molecule has 0 aliphatic rings. The molecule has 0 spiro atoms. The van der Waals surface area contributed by atoms with Crippen LogP contribution in [0.3, 0.4) is 0 Å². The maximum atomic E-state index is 11.8. The molecular weight excluding hydrogens is 348 g/mol. The molecular formula is C16H15BrN2O3. The van der Waals surface area contributed by atoms with Gasteiger partial charge in [0.05, 0.1) is 19.7 Å². The van der Waals surface area contributed by atoms with Crippen LogP contribution in [0, 0.1) is 0 Å². The van der Waals surface area contributed by atoms with E-state index in [4.69, 9.17) is 4.74 Å². The lowest BCUT2D eigenvalue weighted by molar-refractivity contribution is -0.120. The van der Waals surface area contributed by atoms with Crippen molar-refractivity contribution >= 4 is 28.1 Å². The summed E-state index contributed by atoms with van der Waals surface area (Å²) >= 11 is 3.40. The number of hydrogen-bond donors (Lipinski definition) is 2. The molecule has 0 saturated heterocycles. The Morgan fingerprint density at radius 1 is 1.36 bits per heavy atom. The molecule has 1 amide bonds. The number of carbonyl (C=O) groups is 1. The van der Waals surface area contributed by atoms with Crippen LogP contribution in [0.2, 0.25) is 0 Å². The average molecular weight is 363 g/mol. The van der Waals surface area contributed by atoms with Gasteiger partial charge in [0, 0.05) is 10.0 Å². The van der Waals surface area contributed by atoms with E-state index in [1.54, 1.807) is 37.4 Å². The van der Waals surface area contributed by atoms with Gasteiger partial charge in [-0.15, -0.1) is 0 Å². The molecule has 6 heteroatoms. The maximum Gasteiger partial charge on any atom is 0.244 e. The van der Waals surface area contributed by atoms with Gasteiger partial charge in [-0.25, -0.2) is 5.43 Å². The predicted molar refractivity (Wildman–Crippen MR) is 88.2 cm³/mol. The fraction of sp³-hybridized carbons (Fsp3) is 0.125. The minimum absolute atomic E-state index is 0.133. The van der Waals surface area contributed by atoms with Gasteiger partial charge in [0.15, 0.2) is 0 Å². The van der Waals surface area contributed by atoms with Crippen LogP contribution in [-0.2, 0) is 11.2 Å². The first kappa shape index (κ1) is 16.0. The topological polar surface area (TPSA) is 70.9 Å². The smallest absolute Gasteiger partial charge is 0.244 e. The third-order valence-electron chi connectivity index (χ3n) is 2.87. The lowest BCUT2D eigenvalue weighted by Crippen LogP contribution is -2.19. The zero-order valence-electron chi connectivity index (χ0n) is 11.9. The first-order valence-electron chi connectivity index (χ1n) is 6.52. The normalized spacial score (nSPS) is 10.6. The van der Waals surface area contributed by atoms with E-state index in [0.29, 0.717) is 5.75 Å². The Balaban J connectivity index is 1.96. The molecule has 114 valence electrons. The molecule has 2 aromatic rings. The molecule has 2 N–H and O–H groups in total. The summed E-state index contributed by atoms with van der Waals surface area (Å²) in [6, 6.07) is 12.0. The van der Waals surface area contributed by atoms with Crippen LogP contribution in [0.15, 0.2) is 52.0 Å². The van der Waals surface area contributed by atoms with Gasteiger partial charge in [-0.3, -0.25) is 4.79 Å². The summed E-state index contributed by atoms with van der Waals surface area (Å²) in [4.78, 5) is 11.8. The number of benzene rings is 2. The average Bonchev–Trinajstić information content (AvgIpc) is 2.49. The van der Waals surface area contributed by atoms with E-state index in [9.17, 15) is 9.90 Å². The van der Waals surface area contributed by atoms with Gasteiger partial charge < -0.3 is 9.84 Å². The molecule has 22 heavy (non-hydrogen) atoms. The van der Waals surface area contributed by atoms with E-state index in [1.165, 1.54) is 6.21 Å². The second-order valence-electron chi connectivity index (χ2n) is 4.53. The van der Waals surface area contributed by atoms with Crippen molar-refractivity contribution in [2.24, 2.45) is 5.10 Å². The molecule has 0 aromatic heterocycles. The Kier molecular flexibility index (Phi) is 5.55. The number of phenols is 1. The molecule has 5 nitrogen and oxygen atoms in total. The summed E-state index contributed by atoms with van der Waals surface area (Å²) in [5.41, 5.74) is 3.96. The SMILES string of the molecule is COc1ccc(Br)c(/C=N/NC(=O)Cc2cccc(O)c2)c1. The second-order valence-corrected chi connectivity index (χ2v) is 5.38. The quantitative estimate of drug-likeness (QED) is 0.634. The van der Waals surface area contributed by atoms with E-state index in [-0.39, 0.29) is 18.1 Å². The van der Waals surface area contributed by atoms with Crippen LogP contribution in [0.4, 0.5) is 0 Å². The Morgan fingerprint density at radius 3 is 2.91 bits per heavy atom. The molecule has 0 bridgehead atoms.